The van der Waals surface area contributed by atoms with Crippen molar-refractivity contribution in [3.05, 3.63) is 11.5 Å². The molecule has 0 aliphatic heterocycles. The second-order valence-corrected chi connectivity index (χ2v) is 2.07. The molecule has 38 valence electrons. The van der Waals surface area contributed by atoms with Crippen molar-refractivity contribution < 1.29 is 0 Å². The summed E-state index contributed by atoms with van der Waals surface area (Å²) in [5, 5.41) is 9.73. The Balaban J connectivity index is 2.97. The molecule has 0 atom stereocenters. The van der Waals surface area contributed by atoms with E-state index in [1.165, 1.54) is 6.08 Å². The highest BCUT2D eigenvalue weighted by molar-refractivity contribution is 8.02. The Morgan fingerprint density at radius 1 is 1.86 bits per heavy atom. The van der Waals surface area contributed by atoms with E-state index >= 15 is 0 Å². The number of nitriles is 1. The molecule has 1 nitrogen and oxygen atoms in total. The number of thioether (sulfide) groups is 1. The van der Waals surface area contributed by atoms with E-state index in [1.807, 2.05) is 13.0 Å². The van der Waals surface area contributed by atoms with Crippen LogP contribution in [0.1, 0.15) is 6.92 Å². The summed E-state index contributed by atoms with van der Waals surface area (Å²) < 4.78 is 0. The van der Waals surface area contributed by atoms with Crippen LogP contribution in [-0.4, -0.2) is 5.75 Å². The molecule has 0 aliphatic carbocycles. The molecule has 0 aromatic heterocycles. The quantitative estimate of drug-likeness (QED) is 0.509. The van der Waals surface area contributed by atoms with Gasteiger partial charge in [0.2, 0.25) is 0 Å². The van der Waals surface area contributed by atoms with Gasteiger partial charge in [-0.1, -0.05) is 6.92 Å². The Kier molecular flexibility index (Phi) is 5.25. The van der Waals surface area contributed by atoms with Crippen LogP contribution in [0.4, 0.5) is 0 Å². The van der Waals surface area contributed by atoms with E-state index in [4.69, 9.17) is 5.26 Å². The molecule has 0 aromatic rings. The second-order valence-electron chi connectivity index (χ2n) is 0.887. The SMILES string of the molecule is CCS/C=C/C#N. The summed E-state index contributed by atoms with van der Waals surface area (Å²) in [7, 11) is 0. The predicted molar refractivity (Wildman–Crippen MR) is 32.9 cm³/mol. The Bertz CT molecular complexity index is 90.7. The third kappa shape index (κ3) is 5.58. The summed E-state index contributed by atoms with van der Waals surface area (Å²) in [6.07, 6.45) is 1.48. The van der Waals surface area contributed by atoms with Gasteiger partial charge in [-0.3, -0.25) is 0 Å². The zero-order chi connectivity index (χ0) is 5.54. The van der Waals surface area contributed by atoms with Crippen LogP contribution in [0.5, 0.6) is 0 Å². The fraction of sp³-hybridized carbons (Fsp3) is 0.400. The van der Waals surface area contributed by atoms with Gasteiger partial charge in [-0.05, 0) is 11.2 Å². The molecule has 0 unspecified atom stereocenters. The first kappa shape index (κ1) is 6.58. The maximum atomic E-state index is 7.94. The zero-order valence-electron chi connectivity index (χ0n) is 4.22. The van der Waals surface area contributed by atoms with Crippen molar-refractivity contribution >= 4 is 11.8 Å². The average Bonchev–Trinajstić information content (AvgIpc) is 1.69. The predicted octanol–water partition coefficient (Wildman–Crippen LogP) is 1.78. The number of hydrogen-bond donors (Lipinski definition) is 0. The lowest BCUT2D eigenvalue weighted by Gasteiger charge is -1.76. The van der Waals surface area contributed by atoms with Crippen molar-refractivity contribution in [3.8, 4) is 6.07 Å². The summed E-state index contributed by atoms with van der Waals surface area (Å²) in [6, 6.07) is 1.90. The number of rotatable bonds is 2. The molecule has 0 fully saturated rings. The highest BCUT2D eigenvalue weighted by Gasteiger charge is 1.67. The molecule has 0 rings (SSSR count). The van der Waals surface area contributed by atoms with Crippen LogP contribution in [-0.2, 0) is 0 Å². The lowest BCUT2D eigenvalue weighted by Crippen LogP contribution is -1.54. The van der Waals surface area contributed by atoms with Gasteiger partial charge >= 0.3 is 0 Å². The minimum atomic E-state index is 1.04. The van der Waals surface area contributed by atoms with Crippen LogP contribution in [0, 0.1) is 11.3 Å². The Morgan fingerprint density at radius 3 is 3.00 bits per heavy atom. The van der Waals surface area contributed by atoms with Crippen molar-refractivity contribution in [1.82, 2.24) is 0 Å². The summed E-state index contributed by atoms with van der Waals surface area (Å²) in [4.78, 5) is 0. The average molecular weight is 113 g/mol. The third-order valence-electron chi connectivity index (χ3n) is 0.405. The summed E-state index contributed by atoms with van der Waals surface area (Å²) in [6.45, 7) is 2.05. The molecule has 0 N–H and O–H groups in total. The summed E-state index contributed by atoms with van der Waals surface area (Å²) in [5.74, 6) is 1.04. The highest BCUT2D eigenvalue weighted by Crippen LogP contribution is 1.97. The normalized spacial score (nSPS) is 9.14. The first-order valence-electron chi connectivity index (χ1n) is 2.08. The first-order chi connectivity index (χ1) is 3.41. The molecular formula is C5H7NS. The van der Waals surface area contributed by atoms with Crippen molar-refractivity contribution in [2.75, 3.05) is 5.75 Å². The van der Waals surface area contributed by atoms with Gasteiger partial charge in [-0.15, -0.1) is 11.8 Å². The van der Waals surface area contributed by atoms with Crippen molar-refractivity contribution in [3.63, 3.8) is 0 Å². The summed E-state index contributed by atoms with van der Waals surface area (Å²) >= 11 is 1.63. The summed E-state index contributed by atoms with van der Waals surface area (Å²) in [5.41, 5.74) is 0. The maximum absolute atomic E-state index is 7.94. The lowest BCUT2D eigenvalue weighted by atomic mass is 10.7. The van der Waals surface area contributed by atoms with E-state index in [0.717, 1.165) is 5.75 Å². The van der Waals surface area contributed by atoms with E-state index in [0.29, 0.717) is 0 Å². The standard InChI is InChI=1S/C5H7NS/c1-2-7-5-3-4-6/h3,5H,2H2,1H3/b5-3+. The lowest BCUT2D eigenvalue weighted by molar-refractivity contribution is 1.53. The molecule has 0 aliphatic rings. The Hall–Kier alpha value is -0.420. The largest absolute Gasteiger partial charge is 0.193 e. The molecule has 0 saturated heterocycles. The second kappa shape index (κ2) is 5.58. The van der Waals surface area contributed by atoms with Gasteiger partial charge in [-0.2, -0.15) is 5.26 Å². The topological polar surface area (TPSA) is 23.8 Å². The molecule has 0 saturated carbocycles. The van der Waals surface area contributed by atoms with Crippen molar-refractivity contribution in [2.45, 2.75) is 6.92 Å². The molecule has 0 heterocycles. The van der Waals surface area contributed by atoms with Gasteiger partial charge in [0.15, 0.2) is 0 Å². The number of nitrogens with zero attached hydrogens (tertiary/aromatic N) is 1. The van der Waals surface area contributed by atoms with Crippen molar-refractivity contribution in [2.24, 2.45) is 0 Å². The Labute approximate surface area is 48.0 Å². The van der Waals surface area contributed by atoms with Gasteiger partial charge in [0, 0.05) is 6.08 Å². The van der Waals surface area contributed by atoms with Gasteiger partial charge in [0.05, 0.1) is 6.07 Å². The van der Waals surface area contributed by atoms with Crippen LogP contribution in [0.2, 0.25) is 0 Å². The monoisotopic (exact) mass is 113 g/mol. The molecule has 0 amide bonds. The van der Waals surface area contributed by atoms with Crippen molar-refractivity contribution in [1.29, 1.82) is 5.26 Å². The number of allylic oxidation sites excluding steroid dienone is 1. The van der Waals surface area contributed by atoms with Crippen LogP contribution in [0.3, 0.4) is 0 Å². The van der Waals surface area contributed by atoms with Crippen LogP contribution in [0.15, 0.2) is 11.5 Å². The van der Waals surface area contributed by atoms with Gasteiger partial charge < -0.3 is 0 Å². The maximum Gasteiger partial charge on any atom is 0.0917 e. The molecule has 7 heavy (non-hydrogen) atoms. The smallest absolute Gasteiger partial charge is 0.0917 e. The fourth-order valence-electron chi connectivity index (χ4n) is 0.175. The molecule has 0 radical (unpaired) electrons. The minimum absolute atomic E-state index is 1.04. The van der Waals surface area contributed by atoms with E-state index in [2.05, 4.69) is 0 Å². The molecule has 2 heteroatoms. The van der Waals surface area contributed by atoms with Gasteiger partial charge in [0.1, 0.15) is 0 Å². The molecule has 0 bridgehead atoms. The zero-order valence-corrected chi connectivity index (χ0v) is 5.03. The molecular weight excluding hydrogens is 106 g/mol. The van der Waals surface area contributed by atoms with E-state index in [1.54, 1.807) is 17.2 Å². The van der Waals surface area contributed by atoms with E-state index < -0.39 is 0 Å². The van der Waals surface area contributed by atoms with E-state index in [9.17, 15) is 0 Å². The van der Waals surface area contributed by atoms with Crippen LogP contribution < -0.4 is 0 Å². The van der Waals surface area contributed by atoms with Gasteiger partial charge in [-0.25, -0.2) is 0 Å². The molecule has 0 aromatic carbocycles. The van der Waals surface area contributed by atoms with Crippen LogP contribution in [0.25, 0.3) is 0 Å². The number of hydrogen-bond acceptors (Lipinski definition) is 2. The minimum Gasteiger partial charge on any atom is -0.193 e. The first-order valence-corrected chi connectivity index (χ1v) is 3.13. The third-order valence-corrected chi connectivity index (χ3v) is 1.07. The highest BCUT2D eigenvalue weighted by atomic mass is 32.2. The molecule has 0 spiro atoms. The van der Waals surface area contributed by atoms with E-state index in [-0.39, 0.29) is 0 Å². The van der Waals surface area contributed by atoms with Crippen LogP contribution >= 0.6 is 11.8 Å². The fourth-order valence-corrected chi connectivity index (χ4v) is 0.524. The Morgan fingerprint density at radius 2 is 2.57 bits per heavy atom. The van der Waals surface area contributed by atoms with Gasteiger partial charge in [0.25, 0.3) is 0 Å².